The van der Waals surface area contributed by atoms with Crippen molar-refractivity contribution in [3.8, 4) is 0 Å². The summed E-state index contributed by atoms with van der Waals surface area (Å²) in [7, 11) is 0. The molecule has 4 nitrogen and oxygen atoms in total. The second kappa shape index (κ2) is 7.05. The van der Waals surface area contributed by atoms with Gasteiger partial charge < -0.3 is 9.64 Å². The van der Waals surface area contributed by atoms with Crippen LogP contribution in [0.25, 0.3) is 0 Å². The molecule has 0 saturated carbocycles. The molecule has 0 aliphatic carbocycles. The Morgan fingerprint density at radius 2 is 1.83 bits per heavy atom. The van der Waals surface area contributed by atoms with Gasteiger partial charge in [-0.15, -0.1) is 0 Å². The van der Waals surface area contributed by atoms with E-state index in [0.717, 1.165) is 11.3 Å². The van der Waals surface area contributed by atoms with Crippen molar-refractivity contribution in [3.05, 3.63) is 65.2 Å². The van der Waals surface area contributed by atoms with Gasteiger partial charge in [-0.1, -0.05) is 41.9 Å². The van der Waals surface area contributed by atoms with Crippen LogP contribution in [0.1, 0.15) is 25.0 Å². The number of esters is 1. The first kappa shape index (κ1) is 16.5. The lowest BCUT2D eigenvalue weighted by molar-refractivity contribution is -0.153. The molecule has 1 unspecified atom stereocenters. The van der Waals surface area contributed by atoms with Crippen molar-refractivity contribution in [2.45, 2.75) is 19.4 Å². The van der Waals surface area contributed by atoms with Gasteiger partial charge in [0, 0.05) is 23.7 Å². The number of carbonyl (C=O) groups is 2. The molecule has 2 aromatic carbocycles. The van der Waals surface area contributed by atoms with Gasteiger partial charge in [0.15, 0.2) is 0 Å². The monoisotopic (exact) mass is 343 g/mol. The molecule has 2 atom stereocenters. The highest BCUT2D eigenvalue weighted by molar-refractivity contribution is 6.30. The molecule has 24 heavy (non-hydrogen) atoms. The lowest BCUT2D eigenvalue weighted by atomic mass is 10.1. The molecule has 0 N–H and O–H groups in total. The highest BCUT2D eigenvalue weighted by atomic mass is 35.5. The zero-order valence-electron chi connectivity index (χ0n) is 13.3. The number of amides is 1. The summed E-state index contributed by atoms with van der Waals surface area (Å²) in [5, 5.41) is 0.609. The van der Waals surface area contributed by atoms with E-state index in [-0.39, 0.29) is 24.4 Å². The van der Waals surface area contributed by atoms with E-state index >= 15 is 0 Å². The molecule has 1 aliphatic rings. The average Bonchev–Trinajstić information content (AvgIpc) is 2.98. The molecule has 124 valence electrons. The van der Waals surface area contributed by atoms with Crippen molar-refractivity contribution in [1.82, 2.24) is 0 Å². The molecular formula is C19H18ClNO3. The Kier molecular flexibility index (Phi) is 4.86. The van der Waals surface area contributed by atoms with Crippen molar-refractivity contribution >= 4 is 29.2 Å². The summed E-state index contributed by atoms with van der Waals surface area (Å²) in [6.07, 6.45) is -0.165. The predicted molar refractivity (Wildman–Crippen MR) is 92.9 cm³/mol. The summed E-state index contributed by atoms with van der Waals surface area (Å²) < 4.78 is 5.53. The van der Waals surface area contributed by atoms with Crippen molar-refractivity contribution < 1.29 is 14.3 Å². The zero-order valence-corrected chi connectivity index (χ0v) is 14.1. The molecule has 5 heteroatoms. The van der Waals surface area contributed by atoms with E-state index in [2.05, 4.69) is 0 Å². The third kappa shape index (κ3) is 3.60. The molecule has 1 saturated heterocycles. The Morgan fingerprint density at radius 3 is 2.50 bits per heavy atom. The number of carbonyl (C=O) groups excluding carboxylic acids is 2. The lowest BCUT2D eigenvalue weighted by Crippen LogP contribution is -2.26. The van der Waals surface area contributed by atoms with Crippen molar-refractivity contribution in [1.29, 1.82) is 0 Å². The molecule has 0 aromatic heterocycles. The second-order valence-electron chi connectivity index (χ2n) is 5.87. The molecule has 1 amide bonds. The maximum absolute atomic E-state index is 12.4. The maximum atomic E-state index is 12.4. The van der Waals surface area contributed by atoms with Crippen LogP contribution in [-0.4, -0.2) is 18.4 Å². The minimum absolute atomic E-state index is 0.0772. The molecule has 2 aromatic rings. The molecule has 1 heterocycles. The van der Waals surface area contributed by atoms with Crippen LogP contribution in [0.3, 0.4) is 0 Å². The van der Waals surface area contributed by atoms with Crippen molar-refractivity contribution in [2.24, 2.45) is 5.92 Å². The van der Waals surface area contributed by atoms with Gasteiger partial charge in [0.1, 0.15) is 6.10 Å². The van der Waals surface area contributed by atoms with Crippen molar-refractivity contribution in [3.63, 3.8) is 0 Å². The van der Waals surface area contributed by atoms with Gasteiger partial charge in [0.2, 0.25) is 5.91 Å². The summed E-state index contributed by atoms with van der Waals surface area (Å²) in [4.78, 5) is 26.2. The van der Waals surface area contributed by atoms with E-state index in [1.165, 1.54) is 0 Å². The largest absolute Gasteiger partial charge is 0.458 e. The molecule has 0 radical (unpaired) electrons. The van der Waals surface area contributed by atoms with E-state index in [0.29, 0.717) is 11.6 Å². The molecule has 1 fully saturated rings. The first-order chi connectivity index (χ1) is 11.5. The van der Waals surface area contributed by atoms with Crippen LogP contribution in [0, 0.1) is 5.92 Å². The first-order valence-corrected chi connectivity index (χ1v) is 8.24. The molecule has 0 bridgehead atoms. The Bertz CT molecular complexity index is 730. The maximum Gasteiger partial charge on any atom is 0.311 e. The minimum atomic E-state index is -0.445. The van der Waals surface area contributed by atoms with Crippen LogP contribution in [0.5, 0.6) is 0 Å². The van der Waals surface area contributed by atoms with Gasteiger partial charge in [0.25, 0.3) is 0 Å². The number of benzene rings is 2. The fraction of sp³-hybridized carbons (Fsp3) is 0.263. The van der Waals surface area contributed by atoms with Gasteiger partial charge in [-0.05, 0) is 36.8 Å². The molecular weight excluding hydrogens is 326 g/mol. The van der Waals surface area contributed by atoms with Gasteiger partial charge >= 0.3 is 5.97 Å². The van der Waals surface area contributed by atoms with E-state index in [1.807, 2.05) is 37.3 Å². The summed E-state index contributed by atoms with van der Waals surface area (Å²) >= 11 is 5.87. The van der Waals surface area contributed by atoms with E-state index in [9.17, 15) is 9.59 Å². The Balaban J connectivity index is 1.64. The lowest BCUT2D eigenvalue weighted by Gasteiger charge is -2.18. The SMILES string of the molecule is CC(OC(=O)[C@H]1CC(=O)N(c2ccc(Cl)cc2)C1)c1ccccc1. The highest BCUT2D eigenvalue weighted by Gasteiger charge is 2.36. The quantitative estimate of drug-likeness (QED) is 0.788. The molecule has 1 aliphatic heterocycles. The summed E-state index contributed by atoms with van der Waals surface area (Å²) in [6, 6.07) is 16.6. The summed E-state index contributed by atoms with van der Waals surface area (Å²) in [5.41, 5.74) is 1.68. The average molecular weight is 344 g/mol. The Morgan fingerprint density at radius 1 is 1.17 bits per heavy atom. The fourth-order valence-corrected chi connectivity index (χ4v) is 2.92. The van der Waals surface area contributed by atoms with Gasteiger partial charge in [-0.25, -0.2) is 0 Å². The molecule has 0 spiro atoms. The van der Waals surface area contributed by atoms with Crippen molar-refractivity contribution in [2.75, 3.05) is 11.4 Å². The normalized spacial score (nSPS) is 18.5. The number of hydrogen-bond acceptors (Lipinski definition) is 3. The zero-order chi connectivity index (χ0) is 17.1. The van der Waals surface area contributed by atoms with Gasteiger partial charge in [0.05, 0.1) is 5.92 Å². The van der Waals surface area contributed by atoms with Gasteiger partial charge in [-0.2, -0.15) is 0 Å². The third-order valence-electron chi connectivity index (χ3n) is 4.16. The summed E-state index contributed by atoms with van der Waals surface area (Å²) in [5.74, 6) is -0.859. The topological polar surface area (TPSA) is 46.6 Å². The van der Waals surface area contributed by atoms with E-state index in [1.54, 1.807) is 29.2 Å². The Labute approximate surface area is 146 Å². The highest BCUT2D eigenvalue weighted by Crippen LogP contribution is 2.28. The van der Waals surface area contributed by atoms with E-state index < -0.39 is 5.92 Å². The van der Waals surface area contributed by atoms with Crippen LogP contribution in [0.15, 0.2) is 54.6 Å². The van der Waals surface area contributed by atoms with Crippen LogP contribution in [0.4, 0.5) is 5.69 Å². The number of nitrogens with zero attached hydrogens (tertiary/aromatic N) is 1. The van der Waals surface area contributed by atoms with Crippen LogP contribution in [0.2, 0.25) is 5.02 Å². The number of hydrogen-bond donors (Lipinski definition) is 0. The number of anilines is 1. The fourth-order valence-electron chi connectivity index (χ4n) is 2.80. The van der Waals surface area contributed by atoms with Crippen LogP contribution >= 0.6 is 11.6 Å². The first-order valence-electron chi connectivity index (χ1n) is 7.86. The van der Waals surface area contributed by atoms with Crippen LogP contribution in [-0.2, 0) is 14.3 Å². The smallest absolute Gasteiger partial charge is 0.311 e. The third-order valence-corrected chi connectivity index (χ3v) is 4.41. The minimum Gasteiger partial charge on any atom is -0.458 e. The van der Waals surface area contributed by atoms with Gasteiger partial charge in [-0.3, -0.25) is 9.59 Å². The number of rotatable bonds is 4. The van der Waals surface area contributed by atoms with E-state index in [4.69, 9.17) is 16.3 Å². The predicted octanol–water partition coefficient (Wildman–Crippen LogP) is 4.00. The van der Waals surface area contributed by atoms with Crippen LogP contribution < -0.4 is 4.90 Å². The summed E-state index contributed by atoms with van der Waals surface area (Å²) in [6.45, 7) is 2.17. The number of halogens is 1. The standard InChI is InChI=1S/C19H18ClNO3/c1-13(14-5-3-2-4-6-14)24-19(23)15-11-18(22)21(12-15)17-9-7-16(20)8-10-17/h2-10,13,15H,11-12H2,1H3/t13?,15-/m0/s1. The number of ether oxygens (including phenoxy) is 1. The Hall–Kier alpha value is -2.33. The second-order valence-corrected chi connectivity index (χ2v) is 6.31. The molecule has 3 rings (SSSR count).